The molecule has 2 aromatic carbocycles. The number of hydrogen-bond donors (Lipinski definition) is 2. The number of hydrogen-bond acceptors (Lipinski definition) is 6. The summed E-state index contributed by atoms with van der Waals surface area (Å²) in [6.07, 6.45) is 0.156. The van der Waals surface area contributed by atoms with Crippen molar-refractivity contribution >= 4 is 11.9 Å². The standard InChI is InChI=1S/C22H28N2O4/c1-21(2,3)28-19(25)18(14-16-10-6-4-7-11-16)22(23,24)20(26)27-15-17-12-8-5-9-13-17/h4-13,18H,14-15,23-24H2,1-3H3/t18-/m1/s1. The Hall–Kier alpha value is -2.70. The van der Waals surface area contributed by atoms with Crippen LogP contribution in [0.3, 0.4) is 0 Å². The van der Waals surface area contributed by atoms with Crippen LogP contribution in [0, 0.1) is 5.92 Å². The normalized spacial score (nSPS) is 12.9. The summed E-state index contributed by atoms with van der Waals surface area (Å²) in [6, 6.07) is 18.4. The molecule has 0 aliphatic heterocycles. The van der Waals surface area contributed by atoms with Gasteiger partial charge < -0.3 is 20.9 Å². The average Bonchev–Trinajstić information content (AvgIpc) is 2.64. The van der Waals surface area contributed by atoms with E-state index in [0.29, 0.717) is 0 Å². The molecule has 0 unspecified atom stereocenters. The monoisotopic (exact) mass is 384 g/mol. The molecule has 2 rings (SSSR count). The van der Waals surface area contributed by atoms with Gasteiger partial charge in [-0.3, -0.25) is 4.79 Å². The molecule has 0 aliphatic carbocycles. The molecule has 1 atom stereocenters. The highest BCUT2D eigenvalue weighted by Crippen LogP contribution is 2.23. The summed E-state index contributed by atoms with van der Waals surface area (Å²) in [5.41, 5.74) is 11.1. The Morgan fingerprint density at radius 3 is 1.89 bits per heavy atom. The van der Waals surface area contributed by atoms with Crippen molar-refractivity contribution in [2.24, 2.45) is 17.4 Å². The molecule has 0 heterocycles. The number of carbonyl (C=O) groups is 2. The minimum atomic E-state index is -2.03. The van der Waals surface area contributed by atoms with Gasteiger partial charge in [0.05, 0.1) is 0 Å². The van der Waals surface area contributed by atoms with E-state index < -0.39 is 29.1 Å². The van der Waals surface area contributed by atoms with Gasteiger partial charge in [0.2, 0.25) is 0 Å². The Labute approximate surface area is 165 Å². The van der Waals surface area contributed by atoms with Gasteiger partial charge in [-0.1, -0.05) is 60.7 Å². The van der Waals surface area contributed by atoms with Crippen LogP contribution in [0.25, 0.3) is 0 Å². The van der Waals surface area contributed by atoms with E-state index in [2.05, 4.69) is 0 Å². The summed E-state index contributed by atoms with van der Waals surface area (Å²) >= 11 is 0. The minimum absolute atomic E-state index is 0.0161. The van der Waals surface area contributed by atoms with Crippen molar-refractivity contribution in [1.29, 1.82) is 0 Å². The highest BCUT2D eigenvalue weighted by Gasteiger charge is 2.46. The Morgan fingerprint density at radius 1 is 0.893 bits per heavy atom. The SMILES string of the molecule is CC(C)(C)OC(=O)[C@@H](Cc1ccccc1)C(N)(N)C(=O)OCc1ccccc1. The van der Waals surface area contributed by atoms with Crippen LogP contribution in [0.4, 0.5) is 0 Å². The largest absolute Gasteiger partial charge is 0.460 e. The second kappa shape index (κ2) is 8.99. The van der Waals surface area contributed by atoms with Gasteiger partial charge in [0.1, 0.15) is 18.1 Å². The lowest BCUT2D eigenvalue weighted by atomic mass is 9.87. The van der Waals surface area contributed by atoms with Crippen molar-refractivity contribution in [3.8, 4) is 0 Å². The van der Waals surface area contributed by atoms with Gasteiger partial charge in [0.15, 0.2) is 5.66 Å². The lowest BCUT2D eigenvalue weighted by molar-refractivity contribution is -0.170. The third kappa shape index (κ3) is 6.18. The zero-order valence-corrected chi connectivity index (χ0v) is 16.6. The van der Waals surface area contributed by atoms with E-state index >= 15 is 0 Å². The molecule has 0 radical (unpaired) electrons. The number of nitrogens with two attached hydrogens (primary N) is 2. The van der Waals surface area contributed by atoms with Crippen LogP contribution in [0.1, 0.15) is 31.9 Å². The predicted octanol–water partition coefficient (Wildman–Crippen LogP) is 2.54. The smallest absolute Gasteiger partial charge is 0.342 e. The van der Waals surface area contributed by atoms with Gasteiger partial charge in [-0.05, 0) is 38.3 Å². The maximum absolute atomic E-state index is 12.8. The van der Waals surface area contributed by atoms with Crippen molar-refractivity contribution < 1.29 is 19.1 Å². The topological polar surface area (TPSA) is 105 Å². The molecule has 28 heavy (non-hydrogen) atoms. The second-order valence-electron chi connectivity index (χ2n) is 7.77. The Bertz CT molecular complexity index is 783. The third-order valence-electron chi connectivity index (χ3n) is 4.12. The fourth-order valence-electron chi connectivity index (χ4n) is 2.66. The molecule has 0 fully saturated rings. The van der Waals surface area contributed by atoms with E-state index in [0.717, 1.165) is 11.1 Å². The average molecular weight is 384 g/mol. The molecular formula is C22H28N2O4. The van der Waals surface area contributed by atoms with Crippen molar-refractivity contribution in [2.75, 3.05) is 0 Å². The van der Waals surface area contributed by atoms with E-state index in [4.69, 9.17) is 20.9 Å². The zero-order chi connectivity index (χ0) is 20.8. The predicted molar refractivity (Wildman–Crippen MR) is 107 cm³/mol. The fourth-order valence-corrected chi connectivity index (χ4v) is 2.66. The van der Waals surface area contributed by atoms with Crippen molar-refractivity contribution in [1.82, 2.24) is 0 Å². The van der Waals surface area contributed by atoms with Gasteiger partial charge in [-0.25, -0.2) is 4.79 Å². The first kappa shape index (κ1) is 21.6. The maximum atomic E-state index is 12.8. The molecule has 0 bridgehead atoms. The van der Waals surface area contributed by atoms with E-state index in [-0.39, 0.29) is 13.0 Å². The van der Waals surface area contributed by atoms with Crippen LogP contribution >= 0.6 is 0 Å². The molecule has 0 aromatic heterocycles. The Morgan fingerprint density at radius 2 is 1.39 bits per heavy atom. The number of benzene rings is 2. The van der Waals surface area contributed by atoms with Gasteiger partial charge in [0, 0.05) is 0 Å². The van der Waals surface area contributed by atoms with E-state index in [1.807, 2.05) is 60.7 Å². The quantitative estimate of drug-likeness (QED) is 0.561. The molecule has 6 heteroatoms. The summed E-state index contributed by atoms with van der Waals surface area (Å²) in [4.78, 5) is 25.5. The molecule has 0 saturated heterocycles. The van der Waals surface area contributed by atoms with Crippen LogP contribution in [0.5, 0.6) is 0 Å². The maximum Gasteiger partial charge on any atom is 0.342 e. The first-order valence-electron chi connectivity index (χ1n) is 9.15. The van der Waals surface area contributed by atoms with Crippen molar-refractivity contribution in [3.05, 3.63) is 71.8 Å². The number of rotatable bonds is 7. The molecule has 2 aromatic rings. The van der Waals surface area contributed by atoms with Crippen LogP contribution in [-0.2, 0) is 32.1 Å². The van der Waals surface area contributed by atoms with E-state index in [1.165, 1.54) is 0 Å². The van der Waals surface area contributed by atoms with Crippen molar-refractivity contribution in [2.45, 2.75) is 45.1 Å². The molecule has 0 saturated carbocycles. The summed E-state index contributed by atoms with van der Waals surface area (Å²) in [5, 5.41) is 0. The van der Waals surface area contributed by atoms with E-state index in [1.54, 1.807) is 20.8 Å². The molecule has 6 nitrogen and oxygen atoms in total. The minimum Gasteiger partial charge on any atom is -0.460 e. The third-order valence-corrected chi connectivity index (χ3v) is 4.12. The number of carbonyl (C=O) groups excluding carboxylic acids is 2. The summed E-state index contributed by atoms with van der Waals surface area (Å²) in [7, 11) is 0. The molecule has 0 aliphatic rings. The first-order valence-corrected chi connectivity index (χ1v) is 9.15. The first-order chi connectivity index (χ1) is 13.1. The van der Waals surface area contributed by atoms with Crippen LogP contribution in [0.15, 0.2) is 60.7 Å². The highest BCUT2D eigenvalue weighted by atomic mass is 16.6. The fraction of sp³-hybridized carbons (Fsp3) is 0.364. The molecule has 0 spiro atoms. The summed E-state index contributed by atoms with van der Waals surface area (Å²) < 4.78 is 10.8. The number of ether oxygens (including phenoxy) is 2. The molecule has 0 amide bonds. The lowest BCUT2D eigenvalue weighted by Crippen LogP contribution is -2.65. The van der Waals surface area contributed by atoms with Crippen molar-refractivity contribution in [3.63, 3.8) is 0 Å². The van der Waals surface area contributed by atoms with Gasteiger partial charge in [0.25, 0.3) is 0 Å². The Kier molecular flexibility index (Phi) is 6.94. The highest BCUT2D eigenvalue weighted by molar-refractivity contribution is 5.88. The van der Waals surface area contributed by atoms with E-state index in [9.17, 15) is 9.59 Å². The number of esters is 2. The molecule has 150 valence electrons. The Balaban J connectivity index is 2.20. The molecule has 4 N–H and O–H groups in total. The van der Waals surface area contributed by atoms with Crippen LogP contribution in [-0.4, -0.2) is 23.2 Å². The second-order valence-corrected chi connectivity index (χ2v) is 7.77. The zero-order valence-electron chi connectivity index (χ0n) is 16.6. The summed E-state index contributed by atoms with van der Waals surface area (Å²) in [6.45, 7) is 5.24. The molecular weight excluding hydrogens is 356 g/mol. The van der Waals surface area contributed by atoms with Gasteiger partial charge in [-0.2, -0.15) is 0 Å². The van der Waals surface area contributed by atoms with Gasteiger partial charge >= 0.3 is 11.9 Å². The van der Waals surface area contributed by atoms with Gasteiger partial charge in [-0.15, -0.1) is 0 Å². The van der Waals surface area contributed by atoms with Crippen LogP contribution < -0.4 is 11.5 Å². The summed E-state index contributed by atoms with van der Waals surface area (Å²) in [5.74, 6) is -2.60. The van der Waals surface area contributed by atoms with Crippen LogP contribution in [0.2, 0.25) is 0 Å². The lowest BCUT2D eigenvalue weighted by Gasteiger charge is -2.32.